The molecule has 218 valence electrons. The molecule has 0 aliphatic carbocycles. The summed E-state index contributed by atoms with van der Waals surface area (Å²) in [6.07, 6.45) is 7.15. The van der Waals surface area contributed by atoms with Crippen molar-refractivity contribution < 1.29 is 23.7 Å². The number of amides is 2. The molecule has 2 aliphatic rings. The molecule has 3 aromatic rings. The second kappa shape index (κ2) is 13.2. The number of aryl methyl sites for hydroxylation is 2. The third kappa shape index (κ3) is 7.26. The Morgan fingerprint density at radius 3 is 2.51 bits per heavy atom. The molecule has 0 radical (unpaired) electrons. The van der Waals surface area contributed by atoms with Crippen LogP contribution >= 0.6 is 0 Å². The molecule has 0 atom stereocenters. The maximum atomic E-state index is 13.4. The Labute approximate surface area is 241 Å². The van der Waals surface area contributed by atoms with Gasteiger partial charge in [0.25, 0.3) is 5.91 Å². The van der Waals surface area contributed by atoms with Gasteiger partial charge in [-0.3, -0.25) is 9.59 Å². The van der Waals surface area contributed by atoms with E-state index in [0.29, 0.717) is 55.2 Å². The molecule has 2 aromatic carbocycles. The second-order valence-electron chi connectivity index (χ2n) is 11.4. The van der Waals surface area contributed by atoms with Gasteiger partial charge in [-0.15, -0.1) is 0 Å². The van der Waals surface area contributed by atoms with E-state index < -0.39 is 0 Å². The number of benzene rings is 2. The van der Waals surface area contributed by atoms with Crippen molar-refractivity contribution in [3.05, 3.63) is 71.0 Å². The number of carbonyl (C=O) groups is 2. The lowest BCUT2D eigenvalue weighted by Crippen LogP contribution is -2.48. The average molecular weight is 561 g/mol. The molecule has 0 N–H and O–H groups in total. The van der Waals surface area contributed by atoms with Crippen LogP contribution in [0.3, 0.4) is 0 Å². The largest absolute Gasteiger partial charge is 0.493 e. The number of nitrogens with zero attached hydrogens (tertiary/aromatic N) is 4. The zero-order valence-corrected chi connectivity index (χ0v) is 24.1. The van der Waals surface area contributed by atoms with Gasteiger partial charge < -0.3 is 19.3 Å². The molecule has 9 nitrogen and oxygen atoms in total. The van der Waals surface area contributed by atoms with Crippen molar-refractivity contribution >= 4 is 11.8 Å². The first-order chi connectivity index (χ1) is 19.9. The highest BCUT2D eigenvalue weighted by Crippen LogP contribution is 2.38. The van der Waals surface area contributed by atoms with Crippen LogP contribution in [0.2, 0.25) is 0 Å². The summed E-state index contributed by atoms with van der Waals surface area (Å²) in [5.74, 6) is 1.79. The number of hydrogen-bond acceptors (Lipinski definition) is 7. The number of fused-ring (bicyclic) bond motifs is 1. The van der Waals surface area contributed by atoms with Gasteiger partial charge in [-0.25, -0.2) is 4.63 Å². The van der Waals surface area contributed by atoms with Crippen LogP contribution in [0.15, 0.2) is 53.2 Å². The van der Waals surface area contributed by atoms with E-state index in [-0.39, 0.29) is 23.8 Å². The van der Waals surface area contributed by atoms with Gasteiger partial charge >= 0.3 is 0 Å². The van der Waals surface area contributed by atoms with Crippen LogP contribution in [0.1, 0.15) is 72.3 Å². The molecule has 41 heavy (non-hydrogen) atoms. The molecule has 1 fully saturated rings. The Bertz CT molecular complexity index is 1310. The highest BCUT2D eigenvalue weighted by Gasteiger charge is 2.37. The summed E-state index contributed by atoms with van der Waals surface area (Å²) in [6, 6.07) is 15.5. The maximum Gasteiger partial charge on any atom is 0.253 e. The van der Waals surface area contributed by atoms with Crippen molar-refractivity contribution in [3.8, 4) is 11.5 Å². The zero-order chi connectivity index (χ0) is 28.7. The third-order valence-corrected chi connectivity index (χ3v) is 8.50. The molecule has 1 spiro atoms. The van der Waals surface area contributed by atoms with Crippen molar-refractivity contribution in [2.45, 2.75) is 64.9 Å². The van der Waals surface area contributed by atoms with Crippen LogP contribution in [-0.4, -0.2) is 65.2 Å². The molecule has 0 unspecified atom stereocenters. The molecule has 3 heterocycles. The summed E-state index contributed by atoms with van der Waals surface area (Å²) in [5, 5.41) is 7.59. The Morgan fingerprint density at radius 1 is 0.976 bits per heavy atom. The number of hydrogen-bond donors (Lipinski definition) is 0. The van der Waals surface area contributed by atoms with Gasteiger partial charge in [0.05, 0.1) is 6.61 Å². The monoisotopic (exact) mass is 560 g/mol. The van der Waals surface area contributed by atoms with Gasteiger partial charge in [-0.05, 0) is 86.8 Å². The summed E-state index contributed by atoms with van der Waals surface area (Å²) in [5.41, 5.74) is 3.25. The quantitative estimate of drug-likeness (QED) is 0.431. The van der Waals surface area contributed by atoms with Gasteiger partial charge in [0.15, 0.2) is 0 Å². The Kier molecular flexibility index (Phi) is 9.21. The summed E-state index contributed by atoms with van der Waals surface area (Å²) < 4.78 is 16.5. The molecule has 1 saturated heterocycles. The van der Waals surface area contributed by atoms with Crippen LogP contribution in [0.5, 0.6) is 11.5 Å². The molecule has 2 amide bonds. The maximum absolute atomic E-state index is 13.4. The van der Waals surface area contributed by atoms with Crippen LogP contribution in [0.4, 0.5) is 0 Å². The van der Waals surface area contributed by atoms with Crippen LogP contribution in [-0.2, 0) is 17.8 Å². The van der Waals surface area contributed by atoms with Gasteiger partial charge in [-0.2, -0.15) is 0 Å². The van der Waals surface area contributed by atoms with Crippen molar-refractivity contribution in [1.82, 2.24) is 20.1 Å². The number of aromatic nitrogens is 2. The van der Waals surface area contributed by atoms with E-state index in [4.69, 9.17) is 14.1 Å². The van der Waals surface area contributed by atoms with E-state index in [2.05, 4.69) is 22.4 Å². The average Bonchev–Trinajstić information content (AvgIpc) is 3.41. The topological polar surface area (TPSA) is 98.0 Å². The highest BCUT2D eigenvalue weighted by atomic mass is 16.6. The smallest absolute Gasteiger partial charge is 0.253 e. The summed E-state index contributed by atoms with van der Waals surface area (Å²) in [4.78, 5) is 30.2. The van der Waals surface area contributed by atoms with E-state index in [1.165, 1.54) is 5.56 Å². The first-order valence-electron chi connectivity index (χ1n) is 14.7. The first kappa shape index (κ1) is 28.6. The second-order valence-corrected chi connectivity index (χ2v) is 11.4. The fourth-order valence-electron chi connectivity index (χ4n) is 5.93. The molecule has 0 bridgehead atoms. The zero-order valence-electron chi connectivity index (χ0n) is 24.1. The minimum absolute atomic E-state index is 0.0210. The molecule has 5 rings (SSSR count). The summed E-state index contributed by atoms with van der Waals surface area (Å²) >= 11 is 0. The number of piperidine rings is 1. The van der Waals surface area contributed by atoms with Gasteiger partial charge in [0.1, 0.15) is 29.5 Å². The highest BCUT2D eigenvalue weighted by molar-refractivity contribution is 5.94. The van der Waals surface area contributed by atoms with Gasteiger partial charge in [-0.1, -0.05) is 34.9 Å². The summed E-state index contributed by atoms with van der Waals surface area (Å²) in [7, 11) is 1.92. The third-order valence-electron chi connectivity index (χ3n) is 8.50. The standard InChI is InChI=1S/C32H40N4O5/c1-24-28(34-41-33-24)22-40-27-14-12-26(13-15-27)31(38)36-19-17-32(18-20-36)16-6-5-9-25-8-3-4-10-29(25)39-21-7-11-30(37)35(2)23-32/h3-4,8,10,12-15H,5-7,9,11,16-23H2,1-2H3. The minimum atomic E-state index is 0.0210. The van der Waals surface area contributed by atoms with Gasteiger partial charge in [0.2, 0.25) is 5.91 Å². The van der Waals surface area contributed by atoms with E-state index in [0.717, 1.165) is 50.8 Å². The normalized spacial score (nSPS) is 18.3. The Balaban J connectivity index is 1.19. The Hall–Kier alpha value is -3.88. The predicted molar refractivity (Wildman–Crippen MR) is 154 cm³/mol. The lowest BCUT2D eigenvalue weighted by atomic mass is 9.73. The number of ether oxygens (including phenoxy) is 2. The molecule has 0 saturated carbocycles. The van der Waals surface area contributed by atoms with Crippen molar-refractivity contribution in [2.75, 3.05) is 33.3 Å². The van der Waals surface area contributed by atoms with E-state index >= 15 is 0 Å². The van der Waals surface area contributed by atoms with E-state index in [1.807, 2.05) is 60.2 Å². The van der Waals surface area contributed by atoms with Crippen molar-refractivity contribution in [1.29, 1.82) is 0 Å². The van der Waals surface area contributed by atoms with Gasteiger partial charge in [0, 0.05) is 38.7 Å². The lowest BCUT2D eigenvalue weighted by molar-refractivity contribution is -0.132. The first-order valence-corrected chi connectivity index (χ1v) is 14.7. The SMILES string of the molecule is Cc1nonc1COc1ccc(C(=O)N2CCC3(CCCCc4ccccc4OCCCC(=O)N(C)C3)CC2)cc1. The van der Waals surface area contributed by atoms with Crippen LogP contribution in [0, 0.1) is 12.3 Å². The summed E-state index contributed by atoms with van der Waals surface area (Å²) in [6.45, 7) is 4.73. The lowest BCUT2D eigenvalue weighted by Gasteiger charge is -2.44. The number of likely N-dealkylation sites (tertiary alicyclic amines) is 1. The van der Waals surface area contributed by atoms with Crippen molar-refractivity contribution in [2.24, 2.45) is 5.41 Å². The number of para-hydroxylation sites is 1. The number of rotatable bonds is 4. The van der Waals surface area contributed by atoms with Crippen LogP contribution in [0.25, 0.3) is 0 Å². The Morgan fingerprint density at radius 2 is 1.76 bits per heavy atom. The molecule has 9 heteroatoms. The predicted octanol–water partition coefficient (Wildman–Crippen LogP) is 5.22. The van der Waals surface area contributed by atoms with Crippen molar-refractivity contribution in [3.63, 3.8) is 0 Å². The minimum Gasteiger partial charge on any atom is -0.493 e. The molecular weight excluding hydrogens is 520 g/mol. The molecular formula is C32H40N4O5. The van der Waals surface area contributed by atoms with E-state index in [9.17, 15) is 9.59 Å². The van der Waals surface area contributed by atoms with Crippen LogP contribution < -0.4 is 9.47 Å². The van der Waals surface area contributed by atoms with E-state index in [1.54, 1.807) is 0 Å². The fraction of sp³-hybridized carbons (Fsp3) is 0.500. The molecule has 2 aliphatic heterocycles. The number of carbonyl (C=O) groups excluding carboxylic acids is 2. The molecule has 1 aromatic heterocycles. The fourth-order valence-corrected chi connectivity index (χ4v) is 5.93.